The number of nitrogens with zero attached hydrogens (tertiary/aromatic N) is 1. The Hall–Kier alpha value is -1.63. The smallest absolute Gasteiger partial charge is 0.239 e. The first-order valence-electron chi connectivity index (χ1n) is 4.92. The molecule has 0 aliphatic carbocycles. The van der Waals surface area contributed by atoms with E-state index in [0.29, 0.717) is 19.4 Å². The Kier molecular flexibility index (Phi) is 6.86. The van der Waals surface area contributed by atoms with Gasteiger partial charge in [0.2, 0.25) is 12.2 Å². The van der Waals surface area contributed by atoms with Gasteiger partial charge in [0.25, 0.3) is 0 Å². The van der Waals surface area contributed by atoms with Gasteiger partial charge in [-0.3, -0.25) is 15.0 Å². The first-order valence-corrected chi connectivity index (χ1v) is 4.92. The van der Waals surface area contributed by atoms with Crippen molar-refractivity contribution in [1.29, 1.82) is 5.41 Å². The summed E-state index contributed by atoms with van der Waals surface area (Å²) in [4.78, 5) is 22.8. The van der Waals surface area contributed by atoms with Gasteiger partial charge in [0.05, 0.1) is 12.6 Å². The zero-order chi connectivity index (χ0) is 12.6. The van der Waals surface area contributed by atoms with Crippen molar-refractivity contribution in [2.75, 3.05) is 20.1 Å². The number of rotatable bonds is 7. The van der Waals surface area contributed by atoms with Crippen LogP contribution in [0, 0.1) is 5.41 Å². The molecule has 0 saturated carbocycles. The van der Waals surface area contributed by atoms with Crippen molar-refractivity contribution < 1.29 is 9.59 Å². The quantitative estimate of drug-likeness (QED) is 0.231. The molecule has 0 aromatic carbocycles. The van der Waals surface area contributed by atoms with Crippen molar-refractivity contribution in [2.45, 2.75) is 18.9 Å². The number of carbonyl (C=O) groups is 1. The molecule has 1 amide bonds. The van der Waals surface area contributed by atoms with E-state index in [0.717, 1.165) is 0 Å². The first-order chi connectivity index (χ1) is 7.49. The summed E-state index contributed by atoms with van der Waals surface area (Å²) in [5, 5.41) is 9.52. The highest BCUT2D eigenvalue weighted by molar-refractivity contribution is 5.83. The maximum atomic E-state index is 11.5. The molecule has 7 nitrogen and oxygen atoms in total. The lowest BCUT2D eigenvalue weighted by Crippen LogP contribution is -2.43. The maximum Gasteiger partial charge on any atom is 0.239 e. The fourth-order valence-electron chi connectivity index (χ4n) is 1.13. The van der Waals surface area contributed by atoms with Crippen LogP contribution in [0.4, 0.5) is 0 Å². The highest BCUT2D eigenvalue weighted by atomic mass is 16.2. The standard InChI is InChI=1S/C9H18N5O2/c1-14(5-6-15)8(16)7(10)3-2-4-13-9(11)12/h7H,2-5,10H2,1H3,(H4,11,12,13)/t7-/m0/s1. The number of guanidine groups is 1. The fraction of sp³-hybridized carbons (Fsp3) is 0.667. The SMILES string of the molecule is CN(C[C]=O)C(=O)[C@@H](N)CCCNC(=N)N. The van der Waals surface area contributed by atoms with E-state index in [2.05, 4.69) is 5.32 Å². The molecule has 0 spiro atoms. The zero-order valence-electron chi connectivity index (χ0n) is 9.32. The molecule has 0 aromatic rings. The summed E-state index contributed by atoms with van der Waals surface area (Å²) in [7, 11) is 1.50. The second-order valence-electron chi connectivity index (χ2n) is 3.43. The molecular formula is C9H18N5O2. The molecule has 0 saturated heterocycles. The molecule has 1 radical (unpaired) electrons. The predicted octanol–water partition coefficient (Wildman–Crippen LogP) is -1.85. The highest BCUT2D eigenvalue weighted by Gasteiger charge is 2.17. The third-order valence-corrected chi connectivity index (χ3v) is 2.00. The molecule has 0 unspecified atom stereocenters. The molecule has 6 N–H and O–H groups in total. The molecule has 16 heavy (non-hydrogen) atoms. The molecule has 0 fully saturated rings. The monoisotopic (exact) mass is 228 g/mol. The van der Waals surface area contributed by atoms with E-state index in [4.69, 9.17) is 16.9 Å². The van der Waals surface area contributed by atoms with E-state index in [-0.39, 0.29) is 18.4 Å². The van der Waals surface area contributed by atoms with Gasteiger partial charge in [-0.2, -0.15) is 0 Å². The van der Waals surface area contributed by atoms with Crippen molar-refractivity contribution >= 4 is 18.2 Å². The Labute approximate surface area is 94.7 Å². The summed E-state index contributed by atoms with van der Waals surface area (Å²) in [5.74, 6) is -0.390. The number of nitrogens with two attached hydrogens (primary N) is 2. The van der Waals surface area contributed by atoms with Gasteiger partial charge in [0.1, 0.15) is 0 Å². The average molecular weight is 228 g/mol. The van der Waals surface area contributed by atoms with Crippen molar-refractivity contribution in [3.05, 3.63) is 0 Å². The molecule has 0 aliphatic rings. The maximum absolute atomic E-state index is 11.5. The van der Waals surface area contributed by atoms with E-state index in [1.165, 1.54) is 11.9 Å². The zero-order valence-corrected chi connectivity index (χ0v) is 9.32. The molecule has 0 rings (SSSR count). The second-order valence-corrected chi connectivity index (χ2v) is 3.43. The molecule has 0 aromatic heterocycles. The number of hydrogen-bond donors (Lipinski definition) is 4. The van der Waals surface area contributed by atoms with Gasteiger partial charge in [0, 0.05) is 13.6 Å². The minimum Gasteiger partial charge on any atom is -0.370 e. The van der Waals surface area contributed by atoms with Crippen LogP contribution in [0.25, 0.3) is 0 Å². The minimum absolute atomic E-state index is 0.0712. The van der Waals surface area contributed by atoms with Gasteiger partial charge in [-0.15, -0.1) is 0 Å². The molecule has 7 heteroatoms. The van der Waals surface area contributed by atoms with Crippen molar-refractivity contribution in [3.8, 4) is 0 Å². The van der Waals surface area contributed by atoms with E-state index in [1.807, 2.05) is 0 Å². The van der Waals surface area contributed by atoms with Gasteiger partial charge >= 0.3 is 0 Å². The van der Waals surface area contributed by atoms with Gasteiger partial charge in [-0.1, -0.05) is 0 Å². The van der Waals surface area contributed by atoms with Crippen molar-refractivity contribution in [1.82, 2.24) is 10.2 Å². The van der Waals surface area contributed by atoms with Gasteiger partial charge < -0.3 is 21.7 Å². The van der Waals surface area contributed by atoms with Crippen LogP contribution in [0.15, 0.2) is 0 Å². The molecule has 1 atom stereocenters. The van der Waals surface area contributed by atoms with E-state index >= 15 is 0 Å². The lowest BCUT2D eigenvalue weighted by Gasteiger charge is -2.18. The predicted molar refractivity (Wildman–Crippen MR) is 60.5 cm³/mol. The van der Waals surface area contributed by atoms with Crippen LogP contribution < -0.4 is 16.8 Å². The first kappa shape index (κ1) is 14.4. The molecular weight excluding hydrogens is 210 g/mol. The van der Waals surface area contributed by atoms with Crippen LogP contribution >= 0.6 is 0 Å². The summed E-state index contributed by atoms with van der Waals surface area (Å²) in [5.41, 5.74) is 10.7. The van der Waals surface area contributed by atoms with Gasteiger partial charge in [-0.05, 0) is 12.8 Å². The minimum atomic E-state index is -0.632. The summed E-state index contributed by atoms with van der Waals surface area (Å²) < 4.78 is 0. The van der Waals surface area contributed by atoms with Crippen LogP contribution in [0.3, 0.4) is 0 Å². The normalized spacial score (nSPS) is 11.6. The Morgan fingerprint density at radius 3 is 2.75 bits per heavy atom. The Morgan fingerprint density at radius 1 is 1.62 bits per heavy atom. The van der Waals surface area contributed by atoms with Crippen molar-refractivity contribution in [2.24, 2.45) is 11.5 Å². The van der Waals surface area contributed by atoms with Gasteiger partial charge in [0.15, 0.2) is 5.96 Å². The van der Waals surface area contributed by atoms with E-state index < -0.39 is 6.04 Å². The Balaban J connectivity index is 3.78. The van der Waals surface area contributed by atoms with Crippen LogP contribution in [0.2, 0.25) is 0 Å². The van der Waals surface area contributed by atoms with E-state index in [9.17, 15) is 9.59 Å². The third kappa shape index (κ3) is 5.97. The van der Waals surface area contributed by atoms with Crippen LogP contribution in [-0.2, 0) is 9.59 Å². The van der Waals surface area contributed by atoms with Crippen molar-refractivity contribution in [3.63, 3.8) is 0 Å². The molecule has 0 aliphatic heterocycles. The largest absolute Gasteiger partial charge is 0.370 e. The summed E-state index contributed by atoms with van der Waals surface area (Å²) >= 11 is 0. The Morgan fingerprint density at radius 2 is 2.25 bits per heavy atom. The summed E-state index contributed by atoms with van der Waals surface area (Å²) in [6.45, 7) is 0.429. The fourth-order valence-corrected chi connectivity index (χ4v) is 1.13. The number of nitrogens with one attached hydrogen (secondary N) is 2. The molecule has 0 bridgehead atoms. The number of amides is 1. The average Bonchev–Trinajstić information content (AvgIpc) is 2.23. The van der Waals surface area contributed by atoms with Crippen LogP contribution in [0.1, 0.15) is 12.8 Å². The summed E-state index contributed by atoms with van der Waals surface area (Å²) in [6.07, 6.45) is 2.73. The lowest BCUT2D eigenvalue weighted by atomic mass is 10.1. The van der Waals surface area contributed by atoms with Crippen LogP contribution in [-0.4, -0.2) is 49.2 Å². The molecule has 91 valence electrons. The summed E-state index contributed by atoms with van der Waals surface area (Å²) in [6, 6.07) is -0.632. The topological polar surface area (TPSA) is 125 Å². The number of carbonyl (C=O) groups excluding carboxylic acids is 2. The molecule has 0 heterocycles. The number of hydrogen-bond acceptors (Lipinski definition) is 4. The van der Waals surface area contributed by atoms with Gasteiger partial charge in [-0.25, -0.2) is 0 Å². The Bertz CT molecular complexity index is 256. The van der Waals surface area contributed by atoms with E-state index in [1.54, 1.807) is 6.29 Å². The highest BCUT2D eigenvalue weighted by Crippen LogP contribution is 1.97. The number of likely N-dealkylation sites (N-methyl/N-ethyl adjacent to an activating group) is 1. The lowest BCUT2D eigenvalue weighted by molar-refractivity contribution is -0.130. The third-order valence-electron chi connectivity index (χ3n) is 2.00. The van der Waals surface area contributed by atoms with Crippen LogP contribution in [0.5, 0.6) is 0 Å². The second kappa shape index (κ2) is 7.63.